The van der Waals surface area contributed by atoms with E-state index >= 15 is 0 Å². The minimum absolute atomic E-state index is 0.0532. The van der Waals surface area contributed by atoms with Gasteiger partial charge >= 0.3 is 0 Å². The molecule has 31 heavy (non-hydrogen) atoms. The van der Waals surface area contributed by atoms with Crippen LogP contribution >= 0.6 is 0 Å². The van der Waals surface area contributed by atoms with E-state index in [1.165, 1.54) is 0 Å². The standard InChI is InChI=1S/C25H28N4O2/c1-25(2,3)28-24(30)23-20-16-26-13-11-22(20)31-15-14-29(23)17-18-8-4-5-9-19(18)21-10-6-7-12-27-21/h4-13,16,23H,14-15,17H2,1-3H3,(H,28,30). The molecule has 0 spiro atoms. The van der Waals surface area contributed by atoms with Gasteiger partial charge in [-0.25, -0.2) is 0 Å². The molecule has 160 valence electrons. The number of nitrogens with zero attached hydrogens (tertiary/aromatic N) is 3. The lowest BCUT2D eigenvalue weighted by molar-refractivity contribution is -0.128. The lowest BCUT2D eigenvalue weighted by atomic mass is 9.99. The van der Waals surface area contributed by atoms with Gasteiger partial charge in [-0.2, -0.15) is 0 Å². The van der Waals surface area contributed by atoms with Gasteiger partial charge < -0.3 is 10.1 Å². The summed E-state index contributed by atoms with van der Waals surface area (Å²) in [6, 6.07) is 15.4. The number of hydrogen-bond donors (Lipinski definition) is 1. The molecule has 6 heteroatoms. The van der Waals surface area contributed by atoms with Gasteiger partial charge in [0.2, 0.25) is 5.91 Å². The fraction of sp³-hybridized carbons (Fsp3) is 0.320. The van der Waals surface area contributed by atoms with Gasteiger partial charge in [0.05, 0.1) is 5.69 Å². The van der Waals surface area contributed by atoms with E-state index in [-0.39, 0.29) is 11.4 Å². The van der Waals surface area contributed by atoms with Crippen LogP contribution in [-0.2, 0) is 11.3 Å². The van der Waals surface area contributed by atoms with Crippen LogP contribution in [0.5, 0.6) is 5.75 Å². The third-order valence-electron chi connectivity index (χ3n) is 5.18. The molecule has 0 radical (unpaired) electrons. The molecule has 0 saturated carbocycles. The van der Waals surface area contributed by atoms with E-state index in [1.54, 1.807) is 18.6 Å². The SMILES string of the molecule is CC(C)(C)NC(=O)C1c2cnccc2OCCN1Cc1ccccc1-c1ccccn1. The third kappa shape index (κ3) is 4.91. The molecular formula is C25H28N4O2. The van der Waals surface area contributed by atoms with Gasteiger partial charge in [0, 0.05) is 48.3 Å². The molecule has 6 nitrogen and oxygen atoms in total. The number of pyridine rings is 2. The highest BCUT2D eigenvalue weighted by atomic mass is 16.5. The third-order valence-corrected chi connectivity index (χ3v) is 5.18. The Kier molecular flexibility index (Phi) is 6.00. The summed E-state index contributed by atoms with van der Waals surface area (Å²) in [5, 5.41) is 3.14. The molecular weight excluding hydrogens is 388 g/mol. The summed E-state index contributed by atoms with van der Waals surface area (Å²) in [6.45, 7) is 7.68. The Bertz CT molecular complexity index is 1050. The van der Waals surface area contributed by atoms with Crippen molar-refractivity contribution in [2.24, 2.45) is 0 Å². The zero-order valence-electron chi connectivity index (χ0n) is 18.2. The topological polar surface area (TPSA) is 67.3 Å². The maximum atomic E-state index is 13.4. The predicted molar refractivity (Wildman–Crippen MR) is 120 cm³/mol. The lowest BCUT2D eigenvalue weighted by Gasteiger charge is -2.32. The molecule has 1 aromatic carbocycles. The van der Waals surface area contributed by atoms with Gasteiger partial charge in [0.1, 0.15) is 18.4 Å². The number of hydrogen-bond acceptors (Lipinski definition) is 5. The first kappa shape index (κ1) is 21.0. The largest absolute Gasteiger partial charge is 0.492 e. The molecule has 2 aromatic heterocycles. The van der Waals surface area contributed by atoms with Gasteiger partial charge in [-0.3, -0.25) is 19.7 Å². The first-order valence-corrected chi connectivity index (χ1v) is 10.5. The number of benzene rings is 1. The Morgan fingerprint density at radius 1 is 1.13 bits per heavy atom. The zero-order valence-corrected chi connectivity index (χ0v) is 18.2. The molecule has 3 aromatic rings. The monoisotopic (exact) mass is 416 g/mol. The second kappa shape index (κ2) is 8.86. The summed E-state index contributed by atoms with van der Waals surface area (Å²) < 4.78 is 5.97. The Labute approximate surface area is 183 Å². The fourth-order valence-corrected chi connectivity index (χ4v) is 3.89. The minimum atomic E-state index is -0.498. The number of rotatable bonds is 4. The van der Waals surface area contributed by atoms with Crippen LogP contribution in [0.3, 0.4) is 0 Å². The Balaban J connectivity index is 1.72. The number of carbonyl (C=O) groups excluding carboxylic acids is 1. The quantitative estimate of drug-likeness (QED) is 0.696. The maximum absolute atomic E-state index is 13.4. The van der Waals surface area contributed by atoms with Gasteiger partial charge in [-0.05, 0) is 44.5 Å². The molecule has 3 heterocycles. The van der Waals surface area contributed by atoms with Crippen molar-refractivity contribution < 1.29 is 9.53 Å². The second-order valence-electron chi connectivity index (χ2n) is 8.75. The van der Waals surface area contributed by atoms with Gasteiger partial charge in [0.15, 0.2) is 0 Å². The second-order valence-corrected chi connectivity index (χ2v) is 8.75. The lowest BCUT2D eigenvalue weighted by Crippen LogP contribution is -2.47. The first-order valence-electron chi connectivity index (χ1n) is 10.5. The van der Waals surface area contributed by atoms with Crippen molar-refractivity contribution in [3.63, 3.8) is 0 Å². The van der Waals surface area contributed by atoms with Crippen LogP contribution < -0.4 is 10.1 Å². The molecule has 0 bridgehead atoms. The van der Waals surface area contributed by atoms with Crippen LogP contribution in [0.15, 0.2) is 67.1 Å². The molecule has 1 unspecified atom stereocenters. The number of ether oxygens (including phenoxy) is 1. The molecule has 1 aliphatic rings. The van der Waals surface area contributed by atoms with E-state index in [1.807, 2.05) is 57.2 Å². The van der Waals surface area contributed by atoms with Crippen molar-refractivity contribution in [2.45, 2.75) is 38.9 Å². The van der Waals surface area contributed by atoms with Crippen LogP contribution in [0.2, 0.25) is 0 Å². The summed E-state index contributed by atoms with van der Waals surface area (Å²) in [5.41, 5.74) is 3.54. The minimum Gasteiger partial charge on any atom is -0.492 e. The highest BCUT2D eigenvalue weighted by molar-refractivity contribution is 5.84. The van der Waals surface area contributed by atoms with Crippen molar-refractivity contribution in [2.75, 3.05) is 13.2 Å². The Morgan fingerprint density at radius 2 is 1.94 bits per heavy atom. The Morgan fingerprint density at radius 3 is 2.71 bits per heavy atom. The number of fused-ring (bicyclic) bond motifs is 1. The average Bonchev–Trinajstić information content (AvgIpc) is 2.92. The van der Waals surface area contributed by atoms with Crippen LogP contribution in [-0.4, -0.2) is 39.5 Å². The molecule has 0 fully saturated rings. The molecule has 1 amide bonds. The maximum Gasteiger partial charge on any atom is 0.242 e. The summed E-state index contributed by atoms with van der Waals surface area (Å²) in [7, 11) is 0. The van der Waals surface area contributed by atoms with Crippen LogP contribution in [0.1, 0.15) is 37.9 Å². The van der Waals surface area contributed by atoms with E-state index in [0.717, 1.165) is 22.4 Å². The Hall–Kier alpha value is -3.25. The van der Waals surface area contributed by atoms with Crippen LogP contribution in [0.25, 0.3) is 11.3 Å². The zero-order chi connectivity index (χ0) is 21.8. The number of amides is 1. The van der Waals surface area contributed by atoms with Crippen LogP contribution in [0, 0.1) is 0 Å². The van der Waals surface area contributed by atoms with E-state index in [0.29, 0.717) is 25.4 Å². The van der Waals surface area contributed by atoms with Crippen molar-refractivity contribution in [1.82, 2.24) is 20.2 Å². The molecule has 1 aliphatic heterocycles. The summed E-state index contributed by atoms with van der Waals surface area (Å²) in [6.07, 6.45) is 5.24. The summed E-state index contributed by atoms with van der Waals surface area (Å²) >= 11 is 0. The fourth-order valence-electron chi connectivity index (χ4n) is 3.89. The van der Waals surface area contributed by atoms with Crippen molar-refractivity contribution in [3.8, 4) is 17.0 Å². The number of nitrogens with one attached hydrogen (secondary N) is 1. The normalized spacial score (nSPS) is 16.7. The molecule has 0 aliphatic carbocycles. The predicted octanol–water partition coefficient (Wildman–Crippen LogP) is 3.99. The molecule has 1 atom stereocenters. The molecule has 4 rings (SSSR count). The van der Waals surface area contributed by atoms with E-state index in [9.17, 15) is 4.79 Å². The van der Waals surface area contributed by atoms with Gasteiger partial charge in [-0.15, -0.1) is 0 Å². The van der Waals surface area contributed by atoms with Gasteiger partial charge in [0.25, 0.3) is 0 Å². The number of aromatic nitrogens is 2. The van der Waals surface area contributed by atoms with Crippen molar-refractivity contribution in [3.05, 3.63) is 78.2 Å². The highest BCUT2D eigenvalue weighted by Gasteiger charge is 2.34. The van der Waals surface area contributed by atoms with E-state index < -0.39 is 6.04 Å². The van der Waals surface area contributed by atoms with Crippen LogP contribution in [0.4, 0.5) is 0 Å². The summed E-state index contributed by atoms with van der Waals surface area (Å²) in [5.74, 6) is 0.659. The highest BCUT2D eigenvalue weighted by Crippen LogP contribution is 2.34. The van der Waals surface area contributed by atoms with Crippen molar-refractivity contribution in [1.29, 1.82) is 0 Å². The smallest absolute Gasteiger partial charge is 0.242 e. The average molecular weight is 417 g/mol. The van der Waals surface area contributed by atoms with Crippen molar-refractivity contribution >= 4 is 5.91 Å². The van der Waals surface area contributed by atoms with Gasteiger partial charge in [-0.1, -0.05) is 30.3 Å². The van der Waals surface area contributed by atoms with E-state index in [4.69, 9.17) is 4.74 Å². The first-order chi connectivity index (χ1) is 14.9. The summed E-state index contributed by atoms with van der Waals surface area (Å²) in [4.78, 5) is 24.4. The number of carbonyl (C=O) groups is 1. The van der Waals surface area contributed by atoms with E-state index in [2.05, 4.69) is 32.3 Å². The molecule has 1 N–H and O–H groups in total. The molecule has 0 saturated heterocycles.